The lowest BCUT2D eigenvalue weighted by Gasteiger charge is -2.09. The van der Waals surface area contributed by atoms with E-state index in [1.165, 1.54) is 16.0 Å². The molecule has 1 aliphatic heterocycles. The summed E-state index contributed by atoms with van der Waals surface area (Å²) in [4.78, 5) is 1.17. The van der Waals surface area contributed by atoms with Crippen molar-refractivity contribution in [2.45, 2.75) is 23.7 Å². The van der Waals surface area contributed by atoms with Gasteiger partial charge in [0.25, 0.3) is 0 Å². The molecule has 0 spiro atoms. The molecule has 0 radical (unpaired) electrons. The fourth-order valence-corrected chi connectivity index (χ4v) is 3.85. The standard InChI is InChI=1S/C16H15BrO2S/c17-14-7-12-4-5-19-16(12)13(8-14)10-20-15-3-1-2-11(6-15)9-18/h1-3,6-8,18H,4-5,9-10H2. The normalized spacial score (nSPS) is 13.1. The summed E-state index contributed by atoms with van der Waals surface area (Å²) in [6.07, 6.45) is 0.992. The van der Waals surface area contributed by atoms with Gasteiger partial charge in [-0.15, -0.1) is 11.8 Å². The predicted octanol–water partition coefficient (Wildman–Crippen LogP) is 4.17. The Bertz CT molecular complexity index is 628. The molecule has 2 aromatic rings. The van der Waals surface area contributed by atoms with E-state index >= 15 is 0 Å². The molecule has 3 rings (SSSR count). The molecule has 1 aliphatic rings. The first-order chi connectivity index (χ1) is 9.76. The first-order valence-electron chi connectivity index (χ1n) is 6.53. The number of fused-ring (bicyclic) bond motifs is 1. The lowest BCUT2D eigenvalue weighted by atomic mass is 10.1. The van der Waals surface area contributed by atoms with Crippen molar-refractivity contribution in [1.29, 1.82) is 0 Å². The van der Waals surface area contributed by atoms with E-state index in [1.807, 2.05) is 18.2 Å². The van der Waals surface area contributed by atoms with Crippen LogP contribution in [0.2, 0.25) is 0 Å². The first-order valence-corrected chi connectivity index (χ1v) is 8.31. The summed E-state index contributed by atoms with van der Waals surface area (Å²) in [5, 5.41) is 9.18. The number of ether oxygens (including phenoxy) is 1. The highest BCUT2D eigenvalue weighted by atomic mass is 79.9. The number of aliphatic hydroxyl groups is 1. The number of hydrogen-bond acceptors (Lipinski definition) is 3. The number of rotatable bonds is 4. The zero-order valence-electron chi connectivity index (χ0n) is 10.9. The summed E-state index contributed by atoms with van der Waals surface area (Å²) < 4.78 is 6.86. The van der Waals surface area contributed by atoms with E-state index in [2.05, 4.69) is 34.1 Å². The lowest BCUT2D eigenvalue weighted by molar-refractivity contribution is 0.281. The highest BCUT2D eigenvalue weighted by Crippen LogP contribution is 2.36. The Labute approximate surface area is 131 Å². The SMILES string of the molecule is OCc1cccc(SCc2cc(Br)cc3c2OCC3)c1. The summed E-state index contributed by atoms with van der Waals surface area (Å²) in [5.41, 5.74) is 3.47. The second-order valence-corrected chi connectivity index (χ2v) is 6.71. The van der Waals surface area contributed by atoms with Crippen LogP contribution in [0, 0.1) is 0 Å². The molecule has 2 nitrogen and oxygen atoms in total. The minimum atomic E-state index is 0.0871. The summed E-state index contributed by atoms with van der Waals surface area (Å²) in [6, 6.07) is 12.3. The second kappa shape index (κ2) is 6.20. The Hall–Kier alpha value is -0.970. The van der Waals surface area contributed by atoms with Gasteiger partial charge in [-0.05, 0) is 35.4 Å². The molecule has 1 heterocycles. The van der Waals surface area contributed by atoms with Crippen LogP contribution in [-0.4, -0.2) is 11.7 Å². The van der Waals surface area contributed by atoms with Crippen LogP contribution < -0.4 is 4.74 Å². The van der Waals surface area contributed by atoms with Crippen LogP contribution in [0.1, 0.15) is 16.7 Å². The monoisotopic (exact) mass is 350 g/mol. The summed E-state index contributed by atoms with van der Waals surface area (Å²) >= 11 is 5.33. The van der Waals surface area contributed by atoms with E-state index in [0.29, 0.717) is 0 Å². The number of hydrogen-bond donors (Lipinski definition) is 1. The van der Waals surface area contributed by atoms with Crippen LogP contribution in [0.15, 0.2) is 45.8 Å². The highest BCUT2D eigenvalue weighted by Gasteiger charge is 2.17. The first kappa shape index (κ1) is 14.0. The van der Waals surface area contributed by atoms with Gasteiger partial charge in [0.15, 0.2) is 0 Å². The molecule has 4 heteroatoms. The smallest absolute Gasteiger partial charge is 0.126 e. The minimum absolute atomic E-state index is 0.0871. The molecule has 0 aromatic heterocycles. The molecule has 20 heavy (non-hydrogen) atoms. The molecule has 104 valence electrons. The maximum absolute atomic E-state index is 9.18. The van der Waals surface area contributed by atoms with Crippen molar-refractivity contribution in [3.8, 4) is 5.75 Å². The van der Waals surface area contributed by atoms with Crippen LogP contribution >= 0.6 is 27.7 Å². The van der Waals surface area contributed by atoms with Gasteiger partial charge in [-0.1, -0.05) is 28.1 Å². The fraction of sp³-hybridized carbons (Fsp3) is 0.250. The molecule has 0 saturated carbocycles. The zero-order valence-corrected chi connectivity index (χ0v) is 13.3. The van der Waals surface area contributed by atoms with Gasteiger partial charge >= 0.3 is 0 Å². The molecule has 0 fully saturated rings. The quantitative estimate of drug-likeness (QED) is 0.839. The van der Waals surface area contributed by atoms with Gasteiger partial charge in [0.1, 0.15) is 5.75 Å². The van der Waals surface area contributed by atoms with E-state index < -0.39 is 0 Å². The molecule has 0 saturated heterocycles. The number of thioether (sulfide) groups is 1. The Kier molecular flexibility index (Phi) is 4.34. The summed E-state index contributed by atoms with van der Waals surface area (Å²) in [7, 11) is 0. The summed E-state index contributed by atoms with van der Waals surface area (Å²) in [5.74, 6) is 1.93. The van der Waals surface area contributed by atoms with Gasteiger partial charge < -0.3 is 9.84 Å². The molecular weight excluding hydrogens is 336 g/mol. The Morgan fingerprint density at radius 3 is 3.00 bits per heavy atom. The molecule has 2 aromatic carbocycles. The van der Waals surface area contributed by atoms with Gasteiger partial charge in [-0.2, -0.15) is 0 Å². The average molecular weight is 351 g/mol. The number of halogens is 1. The fourth-order valence-electron chi connectivity index (χ4n) is 2.35. The van der Waals surface area contributed by atoms with Crippen molar-refractivity contribution >= 4 is 27.7 Å². The molecule has 0 amide bonds. The predicted molar refractivity (Wildman–Crippen MR) is 85.3 cm³/mol. The zero-order chi connectivity index (χ0) is 13.9. The van der Waals surface area contributed by atoms with E-state index in [1.54, 1.807) is 11.8 Å². The highest BCUT2D eigenvalue weighted by molar-refractivity contribution is 9.10. The lowest BCUT2D eigenvalue weighted by Crippen LogP contribution is -1.91. The maximum Gasteiger partial charge on any atom is 0.126 e. The molecule has 0 unspecified atom stereocenters. The van der Waals surface area contributed by atoms with Crippen molar-refractivity contribution < 1.29 is 9.84 Å². The van der Waals surface area contributed by atoms with E-state index in [9.17, 15) is 5.11 Å². The third-order valence-electron chi connectivity index (χ3n) is 3.30. The van der Waals surface area contributed by atoms with E-state index in [4.69, 9.17) is 4.74 Å². The molecule has 0 aliphatic carbocycles. The van der Waals surface area contributed by atoms with Crippen LogP contribution in [-0.2, 0) is 18.8 Å². The van der Waals surface area contributed by atoms with Crippen molar-refractivity contribution in [1.82, 2.24) is 0 Å². The Morgan fingerprint density at radius 1 is 1.25 bits per heavy atom. The Morgan fingerprint density at radius 2 is 2.15 bits per heavy atom. The van der Waals surface area contributed by atoms with Crippen molar-refractivity contribution in [2.75, 3.05) is 6.61 Å². The topological polar surface area (TPSA) is 29.5 Å². The Balaban J connectivity index is 1.78. The van der Waals surface area contributed by atoms with Gasteiger partial charge in [-0.25, -0.2) is 0 Å². The van der Waals surface area contributed by atoms with Gasteiger partial charge in [-0.3, -0.25) is 0 Å². The van der Waals surface area contributed by atoms with Crippen molar-refractivity contribution in [3.05, 3.63) is 57.6 Å². The maximum atomic E-state index is 9.18. The van der Waals surface area contributed by atoms with Crippen molar-refractivity contribution in [2.24, 2.45) is 0 Å². The van der Waals surface area contributed by atoms with E-state index in [-0.39, 0.29) is 6.61 Å². The van der Waals surface area contributed by atoms with Crippen molar-refractivity contribution in [3.63, 3.8) is 0 Å². The molecular formula is C16H15BrO2S. The molecule has 1 N–H and O–H groups in total. The summed E-state index contributed by atoms with van der Waals surface area (Å²) in [6.45, 7) is 0.868. The number of benzene rings is 2. The average Bonchev–Trinajstić information content (AvgIpc) is 2.93. The third kappa shape index (κ3) is 3.03. The van der Waals surface area contributed by atoms with Crippen LogP contribution in [0.5, 0.6) is 5.75 Å². The van der Waals surface area contributed by atoms with Crippen LogP contribution in [0.4, 0.5) is 0 Å². The van der Waals surface area contributed by atoms with E-state index in [0.717, 1.165) is 34.6 Å². The van der Waals surface area contributed by atoms with Gasteiger partial charge in [0, 0.05) is 27.1 Å². The van der Waals surface area contributed by atoms with Gasteiger partial charge in [0.2, 0.25) is 0 Å². The largest absolute Gasteiger partial charge is 0.493 e. The van der Waals surface area contributed by atoms with Crippen LogP contribution in [0.3, 0.4) is 0 Å². The molecule has 0 bridgehead atoms. The third-order valence-corrected chi connectivity index (χ3v) is 4.80. The minimum Gasteiger partial charge on any atom is -0.493 e. The van der Waals surface area contributed by atoms with Gasteiger partial charge in [0.05, 0.1) is 13.2 Å². The second-order valence-electron chi connectivity index (χ2n) is 4.75. The number of aliphatic hydroxyl groups excluding tert-OH is 1. The van der Waals surface area contributed by atoms with Crippen LogP contribution in [0.25, 0.3) is 0 Å². The molecule has 0 atom stereocenters.